The normalized spacial score (nSPS) is 18.4. The van der Waals surface area contributed by atoms with Gasteiger partial charge in [-0.25, -0.2) is 0 Å². The van der Waals surface area contributed by atoms with Crippen molar-refractivity contribution >= 4 is 23.2 Å². The minimum absolute atomic E-state index is 0.0169. The van der Waals surface area contributed by atoms with Crippen molar-refractivity contribution in [3.05, 3.63) is 17.2 Å². The second-order valence-electron chi connectivity index (χ2n) is 4.72. The molecular formula is C14H19ClN2O3. The fraction of sp³-hybridized carbons (Fsp3) is 0.500. The molecule has 20 heavy (non-hydrogen) atoms. The van der Waals surface area contributed by atoms with Crippen molar-refractivity contribution in [2.45, 2.75) is 12.8 Å². The van der Waals surface area contributed by atoms with Crippen LogP contribution < -0.4 is 20.1 Å². The molecule has 0 aliphatic carbocycles. The van der Waals surface area contributed by atoms with Crippen LogP contribution in [0.3, 0.4) is 0 Å². The number of halogens is 1. The summed E-state index contributed by atoms with van der Waals surface area (Å²) in [5, 5.41) is 6.54. The minimum Gasteiger partial charge on any atom is -0.495 e. The number of ether oxygens (including phenoxy) is 2. The fourth-order valence-corrected chi connectivity index (χ4v) is 2.51. The quantitative estimate of drug-likeness (QED) is 0.895. The second kappa shape index (κ2) is 6.81. The van der Waals surface area contributed by atoms with E-state index in [1.807, 2.05) is 0 Å². The van der Waals surface area contributed by atoms with Gasteiger partial charge in [-0.3, -0.25) is 4.79 Å². The van der Waals surface area contributed by atoms with Crippen molar-refractivity contribution in [3.63, 3.8) is 0 Å². The van der Waals surface area contributed by atoms with Gasteiger partial charge in [0.2, 0.25) is 5.91 Å². The summed E-state index contributed by atoms with van der Waals surface area (Å²) >= 11 is 6.08. The highest BCUT2D eigenvalue weighted by atomic mass is 35.5. The molecule has 0 bridgehead atoms. The highest BCUT2D eigenvalue weighted by molar-refractivity contribution is 6.32. The molecule has 1 amide bonds. The Kier molecular flexibility index (Phi) is 5.09. The second-order valence-corrected chi connectivity index (χ2v) is 5.13. The number of methoxy groups -OCH3 is 2. The third kappa shape index (κ3) is 3.35. The molecular weight excluding hydrogens is 280 g/mol. The van der Waals surface area contributed by atoms with Gasteiger partial charge in [-0.05, 0) is 25.5 Å². The first-order valence-corrected chi connectivity index (χ1v) is 6.96. The number of carbonyl (C=O) groups excluding carboxylic acids is 1. The summed E-state index contributed by atoms with van der Waals surface area (Å²) in [4.78, 5) is 12.2. The van der Waals surface area contributed by atoms with Crippen LogP contribution in [0.1, 0.15) is 12.8 Å². The molecule has 0 saturated carbocycles. The van der Waals surface area contributed by atoms with E-state index in [-0.39, 0.29) is 11.8 Å². The van der Waals surface area contributed by atoms with Crippen LogP contribution in [0.25, 0.3) is 0 Å². The number of hydrogen-bond acceptors (Lipinski definition) is 4. The standard InChI is InChI=1S/C14H19ClN2O3/c1-19-12-7-13(20-2)11(6-10(12)15)17-14(18)9-4-3-5-16-8-9/h6-7,9,16H,3-5,8H2,1-2H3,(H,17,18)/t9-/m0/s1. The van der Waals surface area contributed by atoms with Crippen LogP contribution in [0.5, 0.6) is 11.5 Å². The SMILES string of the molecule is COc1cc(OC)c(NC(=O)[C@H]2CCCNC2)cc1Cl. The van der Waals surface area contributed by atoms with Crippen LogP contribution in [-0.4, -0.2) is 33.2 Å². The van der Waals surface area contributed by atoms with Gasteiger partial charge in [-0.2, -0.15) is 0 Å². The first kappa shape index (κ1) is 14.9. The summed E-state index contributed by atoms with van der Waals surface area (Å²) in [7, 11) is 3.08. The van der Waals surface area contributed by atoms with Gasteiger partial charge in [0.05, 0.1) is 30.8 Å². The van der Waals surface area contributed by atoms with Crippen LogP contribution in [0, 0.1) is 5.92 Å². The fourth-order valence-electron chi connectivity index (χ4n) is 2.27. The van der Waals surface area contributed by atoms with Gasteiger partial charge in [0.1, 0.15) is 11.5 Å². The zero-order valence-electron chi connectivity index (χ0n) is 11.7. The smallest absolute Gasteiger partial charge is 0.228 e. The summed E-state index contributed by atoms with van der Waals surface area (Å²) in [6, 6.07) is 3.31. The molecule has 1 aliphatic heterocycles. The average molecular weight is 299 g/mol. The summed E-state index contributed by atoms with van der Waals surface area (Å²) in [6.07, 6.45) is 1.91. The minimum atomic E-state index is -0.0191. The lowest BCUT2D eigenvalue weighted by Crippen LogP contribution is -2.37. The Balaban J connectivity index is 2.15. The summed E-state index contributed by atoms with van der Waals surface area (Å²) in [6.45, 7) is 1.68. The Hall–Kier alpha value is -1.46. The van der Waals surface area contributed by atoms with Gasteiger partial charge in [0.25, 0.3) is 0 Å². The number of rotatable bonds is 4. The van der Waals surface area contributed by atoms with Crippen LogP contribution in [0.4, 0.5) is 5.69 Å². The highest BCUT2D eigenvalue weighted by Crippen LogP contribution is 2.36. The molecule has 1 fully saturated rings. The van der Waals surface area contributed by atoms with E-state index in [1.165, 1.54) is 7.11 Å². The van der Waals surface area contributed by atoms with E-state index >= 15 is 0 Å². The Morgan fingerprint density at radius 3 is 2.70 bits per heavy atom. The topological polar surface area (TPSA) is 59.6 Å². The van der Waals surface area contributed by atoms with Gasteiger partial charge < -0.3 is 20.1 Å². The van der Waals surface area contributed by atoms with Crippen molar-refractivity contribution < 1.29 is 14.3 Å². The summed E-state index contributed by atoms with van der Waals surface area (Å²) in [5.74, 6) is 1.01. The largest absolute Gasteiger partial charge is 0.495 e. The first-order valence-electron chi connectivity index (χ1n) is 6.58. The van der Waals surface area contributed by atoms with Crippen molar-refractivity contribution in [1.82, 2.24) is 5.32 Å². The number of benzene rings is 1. The van der Waals surface area contributed by atoms with E-state index in [9.17, 15) is 4.79 Å². The van der Waals surface area contributed by atoms with E-state index in [0.717, 1.165) is 19.4 Å². The number of anilines is 1. The van der Waals surface area contributed by atoms with E-state index < -0.39 is 0 Å². The highest BCUT2D eigenvalue weighted by Gasteiger charge is 2.22. The van der Waals surface area contributed by atoms with Gasteiger partial charge in [0, 0.05) is 12.6 Å². The Bertz CT molecular complexity index is 488. The lowest BCUT2D eigenvalue weighted by Gasteiger charge is -2.22. The number of hydrogen-bond donors (Lipinski definition) is 2. The van der Waals surface area contributed by atoms with Crippen molar-refractivity contribution in [1.29, 1.82) is 0 Å². The van der Waals surface area contributed by atoms with E-state index in [4.69, 9.17) is 21.1 Å². The maximum absolute atomic E-state index is 12.2. The molecule has 1 saturated heterocycles. The van der Waals surface area contributed by atoms with E-state index in [1.54, 1.807) is 19.2 Å². The molecule has 110 valence electrons. The summed E-state index contributed by atoms with van der Waals surface area (Å²) in [5.41, 5.74) is 0.564. The zero-order valence-corrected chi connectivity index (χ0v) is 12.4. The van der Waals surface area contributed by atoms with Crippen LogP contribution >= 0.6 is 11.6 Å². The maximum atomic E-state index is 12.2. The van der Waals surface area contributed by atoms with Crippen molar-refractivity contribution in [2.24, 2.45) is 5.92 Å². The van der Waals surface area contributed by atoms with Crippen LogP contribution in [0.2, 0.25) is 5.02 Å². The van der Waals surface area contributed by atoms with Gasteiger partial charge in [-0.1, -0.05) is 11.6 Å². The molecule has 2 N–H and O–H groups in total. The van der Waals surface area contributed by atoms with Gasteiger partial charge in [0.15, 0.2) is 0 Å². The molecule has 5 nitrogen and oxygen atoms in total. The predicted octanol–water partition coefficient (Wildman–Crippen LogP) is 2.30. The predicted molar refractivity (Wildman–Crippen MR) is 78.8 cm³/mol. The van der Waals surface area contributed by atoms with Crippen molar-refractivity contribution in [3.8, 4) is 11.5 Å². The zero-order chi connectivity index (χ0) is 14.5. The Morgan fingerprint density at radius 2 is 2.10 bits per heavy atom. The van der Waals surface area contributed by atoms with Gasteiger partial charge in [-0.15, -0.1) is 0 Å². The molecule has 0 aromatic heterocycles. The molecule has 1 heterocycles. The van der Waals surface area contributed by atoms with Crippen molar-refractivity contribution in [2.75, 3.05) is 32.6 Å². The number of amides is 1. The maximum Gasteiger partial charge on any atom is 0.228 e. The summed E-state index contributed by atoms with van der Waals surface area (Å²) < 4.78 is 10.4. The molecule has 1 aromatic carbocycles. The molecule has 1 atom stereocenters. The number of piperidine rings is 1. The van der Waals surface area contributed by atoms with E-state index in [2.05, 4.69) is 10.6 Å². The molecule has 0 unspecified atom stereocenters. The lowest BCUT2D eigenvalue weighted by molar-refractivity contribution is -0.120. The number of nitrogens with one attached hydrogen (secondary N) is 2. The average Bonchev–Trinajstić information content (AvgIpc) is 2.48. The first-order chi connectivity index (χ1) is 9.65. The van der Waals surface area contributed by atoms with E-state index in [0.29, 0.717) is 28.8 Å². The molecule has 0 spiro atoms. The molecule has 0 radical (unpaired) electrons. The lowest BCUT2D eigenvalue weighted by atomic mass is 9.99. The molecule has 1 aliphatic rings. The molecule has 2 rings (SSSR count). The third-order valence-electron chi connectivity index (χ3n) is 3.40. The monoisotopic (exact) mass is 298 g/mol. The van der Waals surface area contributed by atoms with Gasteiger partial charge >= 0.3 is 0 Å². The third-order valence-corrected chi connectivity index (χ3v) is 3.69. The number of carbonyl (C=O) groups is 1. The Labute approximate surface area is 123 Å². The van der Waals surface area contributed by atoms with Crippen LogP contribution in [-0.2, 0) is 4.79 Å². The molecule has 6 heteroatoms. The molecule has 1 aromatic rings. The van der Waals surface area contributed by atoms with Crippen LogP contribution in [0.15, 0.2) is 12.1 Å². The Morgan fingerprint density at radius 1 is 1.35 bits per heavy atom.